The number of aromatic nitrogens is 2. The lowest BCUT2D eigenvalue weighted by atomic mass is 10.0. The van der Waals surface area contributed by atoms with E-state index in [1.807, 2.05) is 26.0 Å². The molecule has 1 aromatic heterocycles. The number of rotatable bonds is 4. The first kappa shape index (κ1) is 19.0. The Balaban J connectivity index is 1.55. The van der Waals surface area contributed by atoms with Crippen LogP contribution in [-0.2, 0) is 10.0 Å². The molecule has 0 amide bonds. The molecule has 0 radical (unpaired) electrons. The molecule has 1 saturated heterocycles. The summed E-state index contributed by atoms with van der Waals surface area (Å²) in [5.41, 5.74) is 1.78. The number of hydrogen-bond acceptors (Lipinski definition) is 5. The summed E-state index contributed by atoms with van der Waals surface area (Å²) in [5.74, 6) is 0.723. The molecule has 7 heteroatoms. The van der Waals surface area contributed by atoms with E-state index in [9.17, 15) is 8.42 Å². The van der Waals surface area contributed by atoms with Crippen molar-refractivity contribution in [2.75, 3.05) is 13.1 Å². The van der Waals surface area contributed by atoms with Gasteiger partial charge in [0.25, 0.3) is 0 Å². The van der Waals surface area contributed by atoms with E-state index in [0.29, 0.717) is 23.9 Å². The van der Waals surface area contributed by atoms with E-state index in [4.69, 9.17) is 0 Å². The molecule has 1 aliphatic carbocycles. The molecule has 0 bridgehead atoms. The van der Waals surface area contributed by atoms with Crippen LogP contribution < -0.4 is 0 Å². The second-order valence-corrected chi connectivity index (χ2v) is 10.9. The summed E-state index contributed by atoms with van der Waals surface area (Å²) in [5, 5.41) is 11.1. The maximum Gasteiger partial charge on any atom is 0.243 e. The number of hydrogen-bond donors (Lipinski definition) is 0. The van der Waals surface area contributed by atoms with Crippen molar-refractivity contribution >= 4 is 21.4 Å². The summed E-state index contributed by atoms with van der Waals surface area (Å²) in [6, 6.07) is 5.64. The van der Waals surface area contributed by atoms with E-state index in [1.165, 1.54) is 25.7 Å². The Bertz CT molecular complexity index is 917. The molecule has 0 spiro atoms. The molecule has 2 aromatic rings. The number of aryl methyl sites for hydroxylation is 2. The molecule has 1 aliphatic heterocycles. The van der Waals surface area contributed by atoms with Crippen LogP contribution in [0.5, 0.6) is 0 Å². The summed E-state index contributed by atoms with van der Waals surface area (Å²) in [6.07, 6.45) is 6.85. The summed E-state index contributed by atoms with van der Waals surface area (Å²) in [7, 11) is -3.48. The number of nitrogens with zero attached hydrogens (tertiary/aromatic N) is 3. The second-order valence-electron chi connectivity index (χ2n) is 7.93. The molecule has 4 rings (SSSR count). The first-order chi connectivity index (χ1) is 12.9. The molecule has 27 heavy (non-hydrogen) atoms. The highest BCUT2D eigenvalue weighted by molar-refractivity contribution is 7.89. The van der Waals surface area contributed by atoms with E-state index in [0.717, 1.165) is 34.0 Å². The molecule has 2 heterocycles. The van der Waals surface area contributed by atoms with Crippen LogP contribution in [0.2, 0.25) is 0 Å². The van der Waals surface area contributed by atoms with Crippen LogP contribution in [0.25, 0.3) is 0 Å². The lowest BCUT2D eigenvalue weighted by Crippen LogP contribution is -2.39. The fourth-order valence-electron chi connectivity index (χ4n) is 4.24. The predicted molar refractivity (Wildman–Crippen MR) is 108 cm³/mol. The van der Waals surface area contributed by atoms with Crippen LogP contribution in [0.15, 0.2) is 23.1 Å². The van der Waals surface area contributed by atoms with Crippen molar-refractivity contribution in [3.05, 3.63) is 39.3 Å². The predicted octanol–water partition coefficient (Wildman–Crippen LogP) is 4.38. The van der Waals surface area contributed by atoms with Crippen molar-refractivity contribution in [3.63, 3.8) is 0 Å². The maximum atomic E-state index is 13.2. The minimum Gasteiger partial charge on any atom is -0.207 e. The van der Waals surface area contributed by atoms with E-state index in [1.54, 1.807) is 21.7 Å². The molecular weight excluding hydrogens is 378 g/mol. The molecular formula is C20H27N3O2S2. The maximum absolute atomic E-state index is 13.2. The first-order valence-corrected chi connectivity index (χ1v) is 12.1. The highest BCUT2D eigenvalue weighted by Gasteiger charge is 2.33. The fourth-order valence-corrected chi connectivity index (χ4v) is 7.21. The second kappa shape index (κ2) is 7.60. The Labute approximate surface area is 165 Å². The molecule has 2 fully saturated rings. The van der Waals surface area contributed by atoms with Gasteiger partial charge in [0.05, 0.1) is 4.90 Å². The molecule has 1 unspecified atom stereocenters. The van der Waals surface area contributed by atoms with Crippen LogP contribution in [0.1, 0.15) is 71.5 Å². The van der Waals surface area contributed by atoms with Gasteiger partial charge in [0, 0.05) is 24.9 Å². The van der Waals surface area contributed by atoms with Crippen LogP contribution in [0.3, 0.4) is 0 Å². The third kappa shape index (κ3) is 3.82. The lowest BCUT2D eigenvalue weighted by Gasteiger charge is -2.31. The monoisotopic (exact) mass is 405 g/mol. The van der Waals surface area contributed by atoms with Gasteiger partial charge in [0.1, 0.15) is 10.0 Å². The third-order valence-electron chi connectivity index (χ3n) is 5.86. The quantitative estimate of drug-likeness (QED) is 0.757. The van der Waals surface area contributed by atoms with Gasteiger partial charge in [-0.2, -0.15) is 4.31 Å². The molecule has 1 aromatic carbocycles. The lowest BCUT2D eigenvalue weighted by molar-refractivity contribution is 0.314. The van der Waals surface area contributed by atoms with E-state index >= 15 is 0 Å². The summed E-state index contributed by atoms with van der Waals surface area (Å²) >= 11 is 1.71. The van der Waals surface area contributed by atoms with Gasteiger partial charge >= 0.3 is 0 Å². The summed E-state index contributed by atoms with van der Waals surface area (Å²) < 4.78 is 28.1. The van der Waals surface area contributed by atoms with Crippen molar-refractivity contribution in [3.8, 4) is 0 Å². The van der Waals surface area contributed by atoms with Crippen LogP contribution >= 0.6 is 11.3 Å². The third-order valence-corrected chi connectivity index (χ3v) is 9.11. The molecule has 1 atom stereocenters. The van der Waals surface area contributed by atoms with Crippen LogP contribution in [0, 0.1) is 13.8 Å². The number of piperidine rings is 1. The zero-order chi connectivity index (χ0) is 19.0. The van der Waals surface area contributed by atoms with Gasteiger partial charge in [0.2, 0.25) is 10.0 Å². The highest BCUT2D eigenvalue weighted by Crippen LogP contribution is 2.38. The van der Waals surface area contributed by atoms with Gasteiger partial charge in [-0.15, -0.1) is 21.5 Å². The number of benzene rings is 1. The first-order valence-electron chi connectivity index (χ1n) is 9.86. The van der Waals surface area contributed by atoms with Crippen molar-refractivity contribution in [1.82, 2.24) is 14.5 Å². The van der Waals surface area contributed by atoms with Gasteiger partial charge in [-0.05, 0) is 56.7 Å². The largest absolute Gasteiger partial charge is 0.243 e. The van der Waals surface area contributed by atoms with E-state index in [2.05, 4.69) is 10.2 Å². The Morgan fingerprint density at radius 2 is 1.67 bits per heavy atom. The Morgan fingerprint density at radius 3 is 2.41 bits per heavy atom. The molecule has 0 N–H and O–H groups in total. The Hall–Kier alpha value is -1.31. The smallest absolute Gasteiger partial charge is 0.207 e. The molecule has 1 saturated carbocycles. The van der Waals surface area contributed by atoms with Crippen molar-refractivity contribution in [2.24, 2.45) is 0 Å². The number of sulfonamides is 1. The average Bonchev–Trinajstić information content (AvgIpc) is 3.35. The van der Waals surface area contributed by atoms with E-state index in [-0.39, 0.29) is 5.92 Å². The minimum atomic E-state index is -3.48. The van der Waals surface area contributed by atoms with Gasteiger partial charge in [-0.1, -0.05) is 25.0 Å². The topological polar surface area (TPSA) is 63.2 Å². The van der Waals surface area contributed by atoms with Crippen LogP contribution in [0.4, 0.5) is 0 Å². The van der Waals surface area contributed by atoms with Gasteiger partial charge in [0.15, 0.2) is 0 Å². The van der Waals surface area contributed by atoms with Crippen molar-refractivity contribution < 1.29 is 8.42 Å². The Kier molecular flexibility index (Phi) is 5.36. The molecule has 146 valence electrons. The SMILES string of the molecule is Cc1ccc(C)c(S(=O)(=O)N2CCCC(c3nnc(C4CCCC4)s3)C2)c1. The van der Waals surface area contributed by atoms with Gasteiger partial charge in [-0.3, -0.25) is 0 Å². The summed E-state index contributed by atoms with van der Waals surface area (Å²) in [4.78, 5) is 0.437. The van der Waals surface area contributed by atoms with Gasteiger partial charge in [-0.25, -0.2) is 8.42 Å². The summed E-state index contributed by atoms with van der Waals surface area (Å²) in [6.45, 7) is 4.89. The zero-order valence-corrected chi connectivity index (χ0v) is 17.7. The Morgan fingerprint density at radius 1 is 1.00 bits per heavy atom. The highest BCUT2D eigenvalue weighted by atomic mass is 32.2. The van der Waals surface area contributed by atoms with Crippen LogP contribution in [-0.4, -0.2) is 36.0 Å². The molecule has 5 nitrogen and oxygen atoms in total. The van der Waals surface area contributed by atoms with Crippen molar-refractivity contribution in [1.29, 1.82) is 0 Å². The fraction of sp³-hybridized carbons (Fsp3) is 0.600. The van der Waals surface area contributed by atoms with E-state index < -0.39 is 10.0 Å². The molecule has 2 aliphatic rings. The zero-order valence-electron chi connectivity index (χ0n) is 16.0. The minimum absolute atomic E-state index is 0.159. The normalized spacial score (nSPS) is 22.4. The standard InChI is InChI=1S/C20H27N3O2S2/c1-14-9-10-15(2)18(12-14)27(24,25)23-11-5-8-17(13-23)20-22-21-19(26-20)16-6-3-4-7-16/h9-10,12,16-17H,3-8,11,13H2,1-2H3. The van der Waals surface area contributed by atoms with Gasteiger partial charge < -0.3 is 0 Å². The average molecular weight is 406 g/mol. The van der Waals surface area contributed by atoms with Crippen molar-refractivity contribution in [2.45, 2.75) is 69.1 Å².